The van der Waals surface area contributed by atoms with Gasteiger partial charge in [0.1, 0.15) is 0 Å². The Hall–Kier alpha value is -1.35. The first-order chi connectivity index (χ1) is 8.27. The van der Waals surface area contributed by atoms with Crippen molar-refractivity contribution in [3.8, 4) is 0 Å². The molecule has 0 spiro atoms. The maximum Gasteiger partial charge on any atom is 0.237 e. The van der Waals surface area contributed by atoms with E-state index in [0.29, 0.717) is 6.54 Å². The largest absolute Gasteiger partial charge is 0.351 e. The molecule has 92 valence electrons. The Labute approximate surface area is 103 Å². The van der Waals surface area contributed by atoms with Gasteiger partial charge in [-0.1, -0.05) is 30.7 Å². The predicted octanol–water partition coefficient (Wildman–Crippen LogP) is 1.75. The van der Waals surface area contributed by atoms with E-state index in [1.807, 2.05) is 12.1 Å². The van der Waals surface area contributed by atoms with E-state index in [4.69, 9.17) is 0 Å². The van der Waals surface area contributed by atoms with Gasteiger partial charge in [-0.2, -0.15) is 0 Å². The molecule has 3 heteroatoms. The number of carbonyl (C=O) groups is 1. The van der Waals surface area contributed by atoms with Crippen molar-refractivity contribution in [2.75, 3.05) is 6.54 Å². The Kier molecular flexibility index (Phi) is 4.15. The van der Waals surface area contributed by atoms with Crippen molar-refractivity contribution in [2.24, 2.45) is 0 Å². The molecule has 0 aromatic heterocycles. The van der Waals surface area contributed by atoms with Crippen molar-refractivity contribution in [1.29, 1.82) is 0 Å². The zero-order valence-electron chi connectivity index (χ0n) is 10.3. The van der Waals surface area contributed by atoms with E-state index >= 15 is 0 Å². The molecule has 17 heavy (non-hydrogen) atoms. The number of hydrogen-bond donors (Lipinski definition) is 2. The number of piperidine rings is 1. The molecule has 2 rings (SSSR count). The van der Waals surface area contributed by atoms with Crippen molar-refractivity contribution in [3.05, 3.63) is 35.4 Å². The fourth-order valence-corrected chi connectivity index (χ4v) is 2.19. The van der Waals surface area contributed by atoms with E-state index in [-0.39, 0.29) is 11.9 Å². The van der Waals surface area contributed by atoms with Gasteiger partial charge in [0, 0.05) is 6.54 Å². The predicted molar refractivity (Wildman–Crippen MR) is 68.7 cm³/mol. The van der Waals surface area contributed by atoms with Crippen LogP contribution in [-0.2, 0) is 11.3 Å². The highest BCUT2D eigenvalue weighted by atomic mass is 16.2. The van der Waals surface area contributed by atoms with Gasteiger partial charge >= 0.3 is 0 Å². The molecule has 0 unspecified atom stereocenters. The first-order valence-corrected chi connectivity index (χ1v) is 6.33. The van der Waals surface area contributed by atoms with Crippen LogP contribution < -0.4 is 10.6 Å². The van der Waals surface area contributed by atoms with Gasteiger partial charge in [-0.3, -0.25) is 4.79 Å². The molecular formula is C14H20N2O. The second-order valence-corrected chi connectivity index (χ2v) is 4.65. The molecule has 1 aliphatic heterocycles. The van der Waals surface area contributed by atoms with Crippen LogP contribution in [0.3, 0.4) is 0 Å². The molecule has 1 atom stereocenters. The lowest BCUT2D eigenvalue weighted by Gasteiger charge is -2.22. The minimum absolute atomic E-state index is 0.00719. The van der Waals surface area contributed by atoms with Crippen LogP contribution in [0.4, 0.5) is 0 Å². The zero-order chi connectivity index (χ0) is 12.1. The lowest BCUT2D eigenvalue weighted by molar-refractivity contribution is -0.123. The molecule has 1 heterocycles. The van der Waals surface area contributed by atoms with Gasteiger partial charge in [0.05, 0.1) is 6.04 Å². The number of rotatable bonds is 3. The second kappa shape index (κ2) is 5.82. The highest BCUT2D eigenvalue weighted by molar-refractivity contribution is 5.81. The number of carbonyl (C=O) groups excluding carboxylic acids is 1. The number of aryl methyl sites for hydroxylation is 1. The monoisotopic (exact) mass is 232 g/mol. The van der Waals surface area contributed by atoms with Crippen LogP contribution >= 0.6 is 0 Å². The van der Waals surface area contributed by atoms with Gasteiger partial charge in [-0.05, 0) is 37.4 Å². The average molecular weight is 232 g/mol. The number of benzene rings is 1. The van der Waals surface area contributed by atoms with Gasteiger partial charge in [0.15, 0.2) is 0 Å². The minimum atomic E-state index is 0.00719. The van der Waals surface area contributed by atoms with Gasteiger partial charge < -0.3 is 10.6 Å². The molecule has 1 saturated heterocycles. The molecule has 0 radical (unpaired) electrons. The Morgan fingerprint density at radius 2 is 2.24 bits per heavy atom. The van der Waals surface area contributed by atoms with Crippen LogP contribution in [0, 0.1) is 6.92 Å². The summed E-state index contributed by atoms with van der Waals surface area (Å²) in [5.74, 6) is 0.132. The average Bonchev–Trinajstić information content (AvgIpc) is 2.38. The summed E-state index contributed by atoms with van der Waals surface area (Å²) in [4.78, 5) is 11.9. The van der Waals surface area contributed by atoms with Gasteiger partial charge in [-0.25, -0.2) is 0 Å². The van der Waals surface area contributed by atoms with Crippen molar-refractivity contribution < 1.29 is 4.79 Å². The van der Waals surface area contributed by atoms with E-state index in [2.05, 4.69) is 29.7 Å². The van der Waals surface area contributed by atoms with Crippen LogP contribution in [0.15, 0.2) is 24.3 Å². The molecule has 0 aliphatic carbocycles. The topological polar surface area (TPSA) is 41.1 Å². The Balaban J connectivity index is 1.85. The lowest BCUT2D eigenvalue weighted by Crippen LogP contribution is -2.46. The number of nitrogens with one attached hydrogen (secondary N) is 2. The fourth-order valence-electron chi connectivity index (χ4n) is 2.19. The molecule has 1 amide bonds. The molecule has 3 nitrogen and oxygen atoms in total. The maximum atomic E-state index is 11.9. The number of amides is 1. The molecule has 1 aromatic rings. The van der Waals surface area contributed by atoms with Crippen molar-refractivity contribution in [3.63, 3.8) is 0 Å². The third kappa shape index (κ3) is 3.30. The summed E-state index contributed by atoms with van der Waals surface area (Å²) in [6.07, 6.45) is 3.29. The molecular weight excluding hydrogens is 212 g/mol. The van der Waals surface area contributed by atoms with E-state index in [9.17, 15) is 4.79 Å². The first kappa shape index (κ1) is 12.1. The second-order valence-electron chi connectivity index (χ2n) is 4.65. The summed E-state index contributed by atoms with van der Waals surface area (Å²) in [5, 5.41) is 6.27. The van der Waals surface area contributed by atoms with Crippen LogP contribution in [-0.4, -0.2) is 18.5 Å². The standard InChI is InChI=1S/C14H20N2O/c1-11-6-2-3-7-12(11)10-16-14(17)13-8-4-5-9-15-13/h2-3,6-7,13,15H,4-5,8-10H2,1H3,(H,16,17)/t13-/m1/s1. The fraction of sp³-hybridized carbons (Fsp3) is 0.500. The number of hydrogen-bond acceptors (Lipinski definition) is 2. The SMILES string of the molecule is Cc1ccccc1CNC(=O)[C@H]1CCCCN1. The maximum absolute atomic E-state index is 11.9. The van der Waals surface area contributed by atoms with Crippen LogP contribution in [0.2, 0.25) is 0 Å². The van der Waals surface area contributed by atoms with Gasteiger partial charge in [0.25, 0.3) is 0 Å². The van der Waals surface area contributed by atoms with Crippen LogP contribution in [0.25, 0.3) is 0 Å². The Morgan fingerprint density at radius 1 is 1.41 bits per heavy atom. The quantitative estimate of drug-likeness (QED) is 0.833. The normalized spacial score (nSPS) is 19.9. The molecule has 1 fully saturated rings. The molecule has 0 saturated carbocycles. The van der Waals surface area contributed by atoms with Crippen LogP contribution in [0.5, 0.6) is 0 Å². The van der Waals surface area contributed by atoms with E-state index in [1.165, 1.54) is 17.5 Å². The molecule has 1 aliphatic rings. The highest BCUT2D eigenvalue weighted by Gasteiger charge is 2.19. The summed E-state index contributed by atoms with van der Waals surface area (Å²) in [6.45, 7) is 3.66. The van der Waals surface area contributed by atoms with Crippen LogP contribution in [0.1, 0.15) is 30.4 Å². The first-order valence-electron chi connectivity index (χ1n) is 6.33. The van der Waals surface area contributed by atoms with E-state index in [1.54, 1.807) is 0 Å². The molecule has 0 bridgehead atoms. The Morgan fingerprint density at radius 3 is 2.94 bits per heavy atom. The van der Waals surface area contributed by atoms with Gasteiger partial charge in [0.2, 0.25) is 5.91 Å². The summed E-state index contributed by atoms with van der Waals surface area (Å²) in [6, 6.07) is 8.16. The highest BCUT2D eigenvalue weighted by Crippen LogP contribution is 2.09. The smallest absolute Gasteiger partial charge is 0.237 e. The Bertz CT molecular complexity index is 384. The lowest BCUT2D eigenvalue weighted by atomic mass is 10.0. The summed E-state index contributed by atoms with van der Waals surface area (Å²) < 4.78 is 0. The summed E-state index contributed by atoms with van der Waals surface area (Å²) in [5.41, 5.74) is 2.42. The molecule has 1 aromatic carbocycles. The third-order valence-corrected chi connectivity index (χ3v) is 3.34. The van der Waals surface area contributed by atoms with Crippen molar-refractivity contribution in [1.82, 2.24) is 10.6 Å². The summed E-state index contributed by atoms with van der Waals surface area (Å²) in [7, 11) is 0. The van der Waals surface area contributed by atoms with Gasteiger partial charge in [-0.15, -0.1) is 0 Å². The molecule has 2 N–H and O–H groups in total. The minimum Gasteiger partial charge on any atom is -0.351 e. The third-order valence-electron chi connectivity index (χ3n) is 3.34. The van der Waals surface area contributed by atoms with Crippen molar-refractivity contribution in [2.45, 2.75) is 38.8 Å². The zero-order valence-corrected chi connectivity index (χ0v) is 10.3. The van der Waals surface area contributed by atoms with E-state index in [0.717, 1.165) is 19.4 Å². The van der Waals surface area contributed by atoms with E-state index < -0.39 is 0 Å². The van der Waals surface area contributed by atoms with Crippen molar-refractivity contribution >= 4 is 5.91 Å². The summed E-state index contributed by atoms with van der Waals surface area (Å²) >= 11 is 0.